The van der Waals surface area contributed by atoms with E-state index in [1.807, 2.05) is 0 Å². The van der Waals surface area contributed by atoms with Crippen molar-refractivity contribution in [1.29, 1.82) is 5.26 Å². The number of halogens is 3. The molecule has 16 heteroatoms. The molecule has 2 unspecified atom stereocenters. The van der Waals surface area contributed by atoms with Crippen molar-refractivity contribution in [2.75, 3.05) is 56.6 Å². The molecule has 4 aromatic rings. The van der Waals surface area contributed by atoms with Crippen molar-refractivity contribution in [3.63, 3.8) is 0 Å². The Labute approximate surface area is 301 Å². The highest BCUT2D eigenvalue weighted by Crippen LogP contribution is 2.48. The number of alkyl halides is 1. The van der Waals surface area contributed by atoms with Crippen LogP contribution in [0.3, 0.4) is 0 Å². The fourth-order valence-corrected chi connectivity index (χ4v) is 10.4. The van der Waals surface area contributed by atoms with Crippen molar-refractivity contribution in [3.8, 4) is 23.3 Å². The lowest BCUT2D eigenvalue weighted by molar-refractivity contribution is 0.0740. The first-order chi connectivity index (χ1) is 25.2. The molecule has 0 saturated carbocycles. The number of hydrogen-bond donors (Lipinski definition) is 3. The average Bonchev–Trinajstić information content (AvgIpc) is 3.95. The maximum Gasteiger partial charge on any atom is 0.319 e. The lowest BCUT2D eigenvalue weighted by atomic mass is 9.93. The molecule has 4 saturated heterocycles. The van der Waals surface area contributed by atoms with Crippen LogP contribution in [0.25, 0.3) is 32.2 Å². The molecule has 4 fully saturated rings. The average molecular weight is 737 g/mol. The van der Waals surface area contributed by atoms with Gasteiger partial charge in [-0.15, -0.1) is 11.3 Å². The summed E-state index contributed by atoms with van der Waals surface area (Å²) in [4.78, 5) is 20.8. The zero-order valence-electron chi connectivity index (χ0n) is 28.5. The molecular formula is C36H39F3N8O4S. The van der Waals surface area contributed by atoms with Gasteiger partial charge in [-0.25, -0.2) is 13.2 Å². The second-order valence-electron chi connectivity index (χ2n) is 14.8. The van der Waals surface area contributed by atoms with Crippen LogP contribution in [-0.2, 0) is 18.0 Å². The lowest BCUT2D eigenvalue weighted by Crippen LogP contribution is -2.54. The number of piperazine rings is 1. The first-order valence-electron chi connectivity index (χ1n) is 17.9. The van der Waals surface area contributed by atoms with Crippen LogP contribution in [0.4, 0.5) is 24.0 Å². The summed E-state index contributed by atoms with van der Waals surface area (Å²) in [5.74, 6) is -0.828. The fraction of sp³-hybridized carbons (Fsp3) is 0.556. The third-order valence-corrected chi connectivity index (χ3v) is 12.9. The van der Waals surface area contributed by atoms with E-state index in [1.54, 1.807) is 0 Å². The van der Waals surface area contributed by atoms with Gasteiger partial charge in [-0.05, 0) is 49.8 Å². The number of nitrogens with zero attached hydrogens (tertiary/aromatic N) is 7. The number of rotatable bonds is 9. The van der Waals surface area contributed by atoms with Gasteiger partial charge in [0, 0.05) is 55.6 Å². The summed E-state index contributed by atoms with van der Waals surface area (Å²) in [6.45, 7) is 3.26. The van der Waals surface area contributed by atoms with Gasteiger partial charge in [0.2, 0.25) is 0 Å². The van der Waals surface area contributed by atoms with Crippen LogP contribution in [-0.4, -0.2) is 111 Å². The Morgan fingerprint density at radius 3 is 2.71 bits per heavy atom. The molecule has 9 rings (SSSR count). The number of aromatic nitrogens is 3. The largest absolute Gasteiger partial charge is 0.461 e. The Morgan fingerprint density at radius 1 is 1.15 bits per heavy atom. The monoisotopic (exact) mass is 736 g/mol. The number of fused-ring (bicyclic) bond motifs is 7. The number of benzene rings is 1. The van der Waals surface area contributed by atoms with Crippen LogP contribution in [0.1, 0.15) is 55.2 Å². The summed E-state index contributed by atoms with van der Waals surface area (Å²) >= 11 is 0.918. The van der Waals surface area contributed by atoms with E-state index < -0.39 is 29.4 Å². The van der Waals surface area contributed by atoms with E-state index in [-0.39, 0.29) is 81.9 Å². The zero-order chi connectivity index (χ0) is 35.9. The summed E-state index contributed by atoms with van der Waals surface area (Å²) in [6, 6.07) is 2.11. The summed E-state index contributed by atoms with van der Waals surface area (Å²) in [6.07, 6.45) is 3.58. The number of ether oxygens (including phenoxy) is 2. The summed E-state index contributed by atoms with van der Waals surface area (Å²) < 4.78 is 59.7. The summed E-state index contributed by atoms with van der Waals surface area (Å²) in [7, 11) is 0. The Morgan fingerprint density at radius 2 is 1.94 bits per heavy atom. The third-order valence-electron chi connectivity index (χ3n) is 11.8. The molecule has 5 aliphatic heterocycles. The number of aliphatic hydroxyl groups excluding tert-OH is 2. The van der Waals surface area contributed by atoms with Crippen molar-refractivity contribution < 1.29 is 32.9 Å². The number of anilines is 2. The molecule has 3 aromatic heterocycles. The SMILES string of the molecule is N#Cc1c(N)sc2c(F)cnc(-c3c4c(c5c(N6C7CCC6CN(CC[C@@H](O)CO)C7)nc(OC[C@@]67CCCN6C[C@H](F)C7)nc5c3F)COC4)c12. The highest BCUT2D eigenvalue weighted by Gasteiger charge is 2.50. The third kappa shape index (κ3) is 5.31. The Hall–Kier alpha value is -3.85. The number of hydrogen-bond acceptors (Lipinski definition) is 13. The Kier molecular flexibility index (Phi) is 8.44. The molecule has 0 radical (unpaired) electrons. The molecule has 2 bridgehead atoms. The molecule has 5 aliphatic rings. The van der Waals surface area contributed by atoms with E-state index in [2.05, 4.69) is 25.8 Å². The Bertz CT molecular complexity index is 2120. The number of nitriles is 1. The van der Waals surface area contributed by atoms with Gasteiger partial charge in [-0.3, -0.25) is 14.8 Å². The normalized spacial score (nSPS) is 26.4. The first-order valence-corrected chi connectivity index (χ1v) is 18.7. The van der Waals surface area contributed by atoms with Crippen LogP contribution in [0.15, 0.2) is 6.20 Å². The molecular weight excluding hydrogens is 698 g/mol. The van der Waals surface area contributed by atoms with Crippen LogP contribution in [0.5, 0.6) is 6.01 Å². The van der Waals surface area contributed by atoms with Gasteiger partial charge in [0.05, 0.1) is 59.0 Å². The minimum atomic E-state index is -0.950. The van der Waals surface area contributed by atoms with Crippen LogP contribution in [0, 0.1) is 23.0 Å². The van der Waals surface area contributed by atoms with Crippen molar-refractivity contribution in [1.82, 2.24) is 24.8 Å². The topological polar surface area (TPSA) is 157 Å². The first kappa shape index (κ1) is 34.0. The fourth-order valence-electron chi connectivity index (χ4n) is 9.47. The number of nitrogen functional groups attached to an aromatic ring is 1. The molecule has 0 spiro atoms. The Balaban J connectivity index is 1.20. The molecule has 0 amide bonds. The van der Waals surface area contributed by atoms with Gasteiger partial charge in [-0.1, -0.05) is 0 Å². The molecule has 0 aliphatic carbocycles. The van der Waals surface area contributed by atoms with E-state index >= 15 is 8.78 Å². The van der Waals surface area contributed by atoms with Gasteiger partial charge >= 0.3 is 6.01 Å². The van der Waals surface area contributed by atoms with Crippen molar-refractivity contribution in [2.45, 2.75) is 81.6 Å². The smallest absolute Gasteiger partial charge is 0.319 e. The van der Waals surface area contributed by atoms with E-state index in [1.165, 1.54) is 0 Å². The van der Waals surface area contributed by atoms with E-state index in [0.29, 0.717) is 61.4 Å². The molecule has 4 N–H and O–H groups in total. The maximum atomic E-state index is 17.5. The molecule has 8 heterocycles. The highest BCUT2D eigenvalue weighted by atomic mass is 32.1. The number of pyridine rings is 1. The highest BCUT2D eigenvalue weighted by molar-refractivity contribution is 7.23. The lowest BCUT2D eigenvalue weighted by Gasteiger charge is -2.42. The van der Waals surface area contributed by atoms with Crippen molar-refractivity contribution >= 4 is 43.1 Å². The molecule has 5 atom stereocenters. The van der Waals surface area contributed by atoms with Crippen molar-refractivity contribution in [2.24, 2.45) is 0 Å². The standard InChI is InChI=1S/C36H39F3N8O4S/c37-18-8-36(5-1-6-46(36)11-18)17-51-35-43-31-28(34(44-35)47-19-2-3-20(47)13-45(12-19)7-4-21(49)14-48)24-16-50-15-23(24)26(29(31)39)30-27-22(9-40)33(41)52-32(27)25(38)10-42-30/h10,18-21,48-49H,1-8,11-17,41H2/t18-,19?,20?,21-,36+/m1/s1. The van der Waals surface area contributed by atoms with Crippen molar-refractivity contribution in [3.05, 3.63) is 34.5 Å². The van der Waals surface area contributed by atoms with Crippen LogP contribution < -0.4 is 15.4 Å². The van der Waals surface area contributed by atoms with Gasteiger partial charge < -0.3 is 30.3 Å². The predicted octanol–water partition coefficient (Wildman–Crippen LogP) is 4.02. The minimum Gasteiger partial charge on any atom is -0.461 e. The molecule has 12 nitrogen and oxygen atoms in total. The number of thiophene rings is 1. The number of likely N-dealkylation sites (tertiary alicyclic amines) is 1. The van der Waals surface area contributed by atoms with E-state index in [4.69, 9.17) is 25.2 Å². The molecule has 1 aromatic carbocycles. The molecule has 274 valence electrons. The maximum absolute atomic E-state index is 17.5. The minimum absolute atomic E-state index is 0.00343. The van der Waals surface area contributed by atoms with Gasteiger partial charge in [0.15, 0.2) is 11.6 Å². The number of nitrogens with two attached hydrogens (primary N) is 1. The number of aliphatic hydroxyl groups is 2. The quantitative estimate of drug-likeness (QED) is 0.227. The zero-order valence-corrected chi connectivity index (χ0v) is 29.3. The van der Waals surface area contributed by atoms with Gasteiger partial charge in [-0.2, -0.15) is 15.2 Å². The van der Waals surface area contributed by atoms with E-state index in [0.717, 1.165) is 49.8 Å². The van der Waals surface area contributed by atoms with E-state index in [9.17, 15) is 19.9 Å². The van der Waals surface area contributed by atoms with Crippen LogP contribution in [0.2, 0.25) is 0 Å². The second kappa shape index (κ2) is 12.9. The summed E-state index contributed by atoms with van der Waals surface area (Å²) in [5, 5.41) is 30.1. The predicted molar refractivity (Wildman–Crippen MR) is 188 cm³/mol. The molecule has 52 heavy (non-hydrogen) atoms. The van der Waals surface area contributed by atoms with Gasteiger partial charge in [0.1, 0.15) is 35.2 Å². The second-order valence-corrected chi connectivity index (χ2v) is 15.9. The van der Waals surface area contributed by atoms with Gasteiger partial charge in [0.25, 0.3) is 0 Å². The van der Waals surface area contributed by atoms with Crippen LogP contribution >= 0.6 is 11.3 Å². The summed E-state index contributed by atoms with van der Waals surface area (Å²) in [5.41, 5.74) is 7.08.